The molecular formula is C32H37FN4OSi. The molecule has 39 heavy (non-hydrogen) atoms. The molecule has 1 amide bonds. The molecule has 0 unspecified atom stereocenters. The Morgan fingerprint density at radius 2 is 1.82 bits per heavy atom. The molecule has 2 aromatic heterocycles. The van der Waals surface area contributed by atoms with Crippen molar-refractivity contribution in [1.82, 2.24) is 9.55 Å². The van der Waals surface area contributed by atoms with Gasteiger partial charge in [0, 0.05) is 30.5 Å². The fraction of sp³-hybridized carbons (Fsp3) is 0.375. The van der Waals surface area contributed by atoms with Gasteiger partial charge in [-0.15, -0.1) is 0 Å². The van der Waals surface area contributed by atoms with Gasteiger partial charge in [0.25, 0.3) is 5.91 Å². The number of nitrogens with one attached hydrogen (secondary N) is 1. The molecule has 3 heterocycles. The summed E-state index contributed by atoms with van der Waals surface area (Å²) in [5.74, 6) is 0.481. The number of amides is 1. The van der Waals surface area contributed by atoms with Crippen LogP contribution in [-0.2, 0) is 6.54 Å². The van der Waals surface area contributed by atoms with Crippen molar-refractivity contribution in [2.75, 3.05) is 23.3 Å². The highest BCUT2D eigenvalue weighted by molar-refractivity contribution is 6.91. The molecular weight excluding hydrogens is 503 g/mol. The van der Waals surface area contributed by atoms with E-state index in [-0.39, 0.29) is 11.7 Å². The monoisotopic (exact) mass is 540 g/mol. The van der Waals surface area contributed by atoms with Gasteiger partial charge in [-0.25, -0.2) is 9.37 Å². The number of halogens is 1. The summed E-state index contributed by atoms with van der Waals surface area (Å²) in [7, 11) is -1.66. The lowest BCUT2D eigenvalue weighted by Gasteiger charge is -2.36. The quantitative estimate of drug-likeness (QED) is 0.259. The van der Waals surface area contributed by atoms with Crippen molar-refractivity contribution in [1.29, 1.82) is 0 Å². The van der Waals surface area contributed by atoms with E-state index in [2.05, 4.69) is 46.5 Å². The second-order valence-corrected chi connectivity index (χ2v) is 16.6. The van der Waals surface area contributed by atoms with E-state index in [1.54, 1.807) is 18.3 Å². The molecule has 0 bridgehead atoms. The maximum atomic E-state index is 14.0. The number of nitrogens with zero attached hydrogens (tertiary/aromatic N) is 3. The molecule has 0 atom stereocenters. The predicted octanol–water partition coefficient (Wildman–Crippen LogP) is 6.94. The minimum Gasteiger partial charge on any atom is -0.356 e. The van der Waals surface area contributed by atoms with Gasteiger partial charge < -0.3 is 14.8 Å². The van der Waals surface area contributed by atoms with Crippen molar-refractivity contribution >= 4 is 41.6 Å². The highest BCUT2D eigenvalue weighted by Crippen LogP contribution is 2.37. The molecule has 2 aliphatic rings. The molecule has 2 fully saturated rings. The van der Waals surface area contributed by atoms with E-state index < -0.39 is 8.07 Å². The standard InChI is InChI=1S/C32H37FN4OSi/c1-39(2,27-10-4-3-5-11-27)28-13-14-29-24(19-28)20-30(37(29)22-23-8-6-9-25(33)18-23)32(38)35-26-12-15-31(34-21-26)36-16-7-17-36/h6,8-9,12-15,18-21,27H,3-5,7,10-11,16-17,22H2,1-2H3,(H,35,38). The van der Waals surface area contributed by atoms with E-state index >= 15 is 0 Å². The van der Waals surface area contributed by atoms with Gasteiger partial charge in [0.1, 0.15) is 17.3 Å². The molecule has 1 aliphatic carbocycles. The van der Waals surface area contributed by atoms with Crippen LogP contribution in [-0.4, -0.2) is 36.6 Å². The summed E-state index contributed by atoms with van der Waals surface area (Å²) in [4.78, 5) is 20.4. The van der Waals surface area contributed by atoms with Crippen LogP contribution in [0.4, 0.5) is 15.9 Å². The van der Waals surface area contributed by atoms with Crippen LogP contribution < -0.4 is 15.4 Å². The highest BCUT2D eigenvalue weighted by Gasteiger charge is 2.34. The van der Waals surface area contributed by atoms with E-state index in [1.165, 1.54) is 49.8 Å². The van der Waals surface area contributed by atoms with Crippen molar-refractivity contribution in [3.8, 4) is 0 Å². The first kappa shape index (κ1) is 25.8. The molecule has 0 spiro atoms. The summed E-state index contributed by atoms with van der Waals surface area (Å²) in [6.07, 6.45) is 9.61. The van der Waals surface area contributed by atoms with Gasteiger partial charge in [-0.2, -0.15) is 0 Å². The second-order valence-electron chi connectivity index (χ2n) is 11.8. The third-order valence-electron chi connectivity index (χ3n) is 8.92. The number of hydrogen-bond donors (Lipinski definition) is 1. The topological polar surface area (TPSA) is 50.2 Å². The third-order valence-corrected chi connectivity index (χ3v) is 13.3. The lowest BCUT2D eigenvalue weighted by molar-refractivity contribution is 0.101. The van der Waals surface area contributed by atoms with Gasteiger partial charge in [-0.3, -0.25) is 4.79 Å². The number of fused-ring (bicyclic) bond motifs is 1. The Bertz CT molecular complexity index is 1490. The zero-order valence-electron chi connectivity index (χ0n) is 22.9. The number of aromatic nitrogens is 2. The number of carbonyl (C=O) groups excluding carboxylic acids is 1. The zero-order valence-corrected chi connectivity index (χ0v) is 23.9. The average Bonchev–Trinajstić information content (AvgIpc) is 3.27. The van der Waals surface area contributed by atoms with Crippen LogP contribution in [0.1, 0.15) is 54.6 Å². The van der Waals surface area contributed by atoms with Crippen LogP contribution in [0.5, 0.6) is 0 Å². The normalized spacial score (nSPS) is 16.3. The summed E-state index contributed by atoms with van der Waals surface area (Å²) >= 11 is 0. The summed E-state index contributed by atoms with van der Waals surface area (Å²) < 4.78 is 16.1. The van der Waals surface area contributed by atoms with E-state index in [0.717, 1.165) is 40.9 Å². The molecule has 6 rings (SSSR count). The van der Waals surface area contributed by atoms with Gasteiger partial charge in [0.05, 0.1) is 20.0 Å². The van der Waals surface area contributed by atoms with Crippen molar-refractivity contribution in [3.63, 3.8) is 0 Å². The summed E-state index contributed by atoms with van der Waals surface area (Å²) in [5, 5.41) is 5.56. The molecule has 4 aromatic rings. The molecule has 0 radical (unpaired) electrons. The summed E-state index contributed by atoms with van der Waals surface area (Å²) in [6.45, 7) is 7.47. The Hall–Kier alpha value is -3.45. The van der Waals surface area contributed by atoms with Crippen molar-refractivity contribution < 1.29 is 9.18 Å². The summed E-state index contributed by atoms with van der Waals surface area (Å²) in [6, 6.07) is 19.3. The number of anilines is 2. The van der Waals surface area contributed by atoms with Crippen molar-refractivity contribution in [2.24, 2.45) is 0 Å². The van der Waals surface area contributed by atoms with E-state index in [0.29, 0.717) is 17.9 Å². The lowest BCUT2D eigenvalue weighted by Crippen LogP contribution is -2.46. The molecule has 202 valence electrons. The molecule has 1 saturated carbocycles. The molecule has 1 saturated heterocycles. The fourth-order valence-electron chi connectivity index (χ4n) is 6.30. The average molecular weight is 541 g/mol. The fourth-order valence-corrected chi connectivity index (χ4v) is 9.66. The molecule has 1 N–H and O–H groups in total. The molecule has 2 aromatic carbocycles. The third kappa shape index (κ3) is 5.24. The SMILES string of the molecule is C[Si](C)(c1ccc2c(c1)cc(C(=O)Nc1ccc(N3CCC3)nc1)n2Cc1cccc(F)c1)C1CCCCC1. The minimum absolute atomic E-state index is 0.188. The number of pyridine rings is 1. The van der Waals surface area contributed by atoms with Gasteiger partial charge in [0.15, 0.2) is 0 Å². The Morgan fingerprint density at radius 1 is 1.00 bits per heavy atom. The largest absolute Gasteiger partial charge is 0.356 e. The number of rotatable bonds is 7. The van der Waals surface area contributed by atoms with Gasteiger partial charge in [-0.05, 0) is 53.9 Å². The van der Waals surface area contributed by atoms with E-state index in [1.807, 2.05) is 28.8 Å². The minimum atomic E-state index is -1.66. The highest BCUT2D eigenvalue weighted by atomic mass is 28.3. The Labute approximate surface area is 231 Å². The Morgan fingerprint density at radius 3 is 2.51 bits per heavy atom. The number of carbonyl (C=O) groups is 1. The second kappa shape index (κ2) is 10.6. The van der Waals surface area contributed by atoms with E-state index in [9.17, 15) is 9.18 Å². The van der Waals surface area contributed by atoms with Crippen LogP contribution in [0.3, 0.4) is 0 Å². The van der Waals surface area contributed by atoms with Crippen molar-refractivity contribution in [3.05, 3.63) is 83.9 Å². The van der Waals surface area contributed by atoms with Crippen LogP contribution in [0.25, 0.3) is 10.9 Å². The van der Waals surface area contributed by atoms with Crippen molar-refractivity contribution in [2.45, 2.75) is 63.7 Å². The first-order valence-corrected chi connectivity index (χ1v) is 17.4. The van der Waals surface area contributed by atoms with Gasteiger partial charge in [-0.1, -0.05) is 74.7 Å². The Balaban J connectivity index is 1.34. The zero-order chi connectivity index (χ0) is 27.0. The van der Waals surface area contributed by atoms with E-state index in [4.69, 9.17) is 0 Å². The maximum absolute atomic E-state index is 14.0. The van der Waals surface area contributed by atoms with Gasteiger partial charge >= 0.3 is 0 Å². The number of benzene rings is 2. The smallest absolute Gasteiger partial charge is 0.272 e. The first-order chi connectivity index (χ1) is 18.9. The molecule has 1 aliphatic heterocycles. The first-order valence-electron chi connectivity index (χ1n) is 14.3. The van der Waals surface area contributed by atoms with Crippen LogP contribution in [0, 0.1) is 5.82 Å². The summed E-state index contributed by atoms with van der Waals surface area (Å²) in [5.41, 5.74) is 3.84. The van der Waals surface area contributed by atoms with Crippen LogP contribution in [0.15, 0.2) is 66.9 Å². The molecule has 5 nitrogen and oxygen atoms in total. The van der Waals surface area contributed by atoms with Crippen LogP contribution in [0.2, 0.25) is 18.6 Å². The lowest BCUT2D eigenvalue weighted by atomic mass is 10.0. The molecule has 7 heteroatoms. The van der Waals surface area contributed by atoms with Gasteiger partial charge in [0.2, 0.25) is 0 Å². The maximum Gasteiger partial charge on any atom is 0.272 e. The Kier molecular flexibility index (Phi) is 7.02. The van der Waals surface area contributed by atoms with Crippen LogP contribution >= 0.6 is 0 Å². The predicted molar refractivity (Wildman–Crippen MR) is 160 cm³/mol. The number of hydrogen-bond acceptors (Lipinski definition) is 3.